The fourth-order valence-electron chi connectivity index (χ4n) is 2.42. The molecule has 0 unspecified atom stereocenters. The summed E-state index contributed by atoms with van der Waals surface area (Å²) >= 11 is 6.48. The van der Waals surface area contributed by atoms with E-state index in [4.69, 9.17) is 16.3 Å². The monoisotopic (exact) mass is 303 g/mol. The molecular formula is C18H22ClNO. The predicted molar refractivity (Wildman–Crippen MR) is 90.3 cm³/mol. The van der Waals surface area contributed by atoms with Crippen LogP contribution in [0.15, 0.2) is 30.3 Å². The van der Waals surface area contributed by atoms with Crippen LogP contribution in [-0.2, 0) is 6.54 Å². The maximum Gasteiger partial charge on any atom is 0.129 e. The first-order chi connectivity index (χ1) is 10.1. The first-order valence-electron chi connectivity index (χ1n) is 7.22. The smallest absolute Gasteiger partial charge is 0.129 e. The molecule has 112 valence electrons. The van der Waals surface area contributed by atoms with E-state index in [1.54, 1.807) is 7.11 Å². The second-order valence-corrected chi connectivity index (χ2v) is 5.59. The second-order valence-electron chi connectivity index (χ2n) is 5.18. The van der Waals surface area contributed by atoms with Crippen LogP contribution in [0.5, 0.6) is 5.75 Å². The van der Waals surface area contributed by atoms with E-state index in [1.165, 1.54) is 11.1 Å². The van der Waals surface area contributed by atoms with E-state index in [1.807, 2.05) is 6.07 Å². The van der Waals surface area contributed by atoms with Crippen molar-refractivity contribution >= 4 is 11.6 Å². The summed E-state index contributed by atoms with van der Waals surface area (Å²) in [7, 11) is 1.71. The van der Waals surface area contributed by atoms with Crippen molar-refractivity contribution in [3.63, 3.8) is 0 Å². The van der Waals surface area contributed by atoms with Crippen LogP contribution >= 0.6 is 11.6 Å². The third-order valence-corrected chi connectivity index (χ3v) is 4.10. The van der Waals surface area contributed by atoms with Gasteiger partial charge in [0.05, 0.1) is 7.11 Å². The predicted octanol–water partition coefficient (Wildman–Crippen LogP) is 4.74. The minimum absolute atomic E-state index is 0.756. The average Bonchev–Trinajstić information content (AvgIpc) is 2.48. The third kappa shape index (κ3) is 3.39. The van der Waals surface area contributed by atoms with Gasteiger partial charge in [-0.05, 0) is 43.1 Å². The lowest BCUT2D eigenvalue weighted by Crippen LogP contribution is -2.11. The van der Waals surface area contributed by atoms with Crippen molar-refractivity contribution in [1.82, 2.24) is 5.32 Å². The Morgan fingerprint density at radius 3 is 2.43 bits per heavy atom. The van der Waals surface area contributed by atoms with E-state index in [-0.39, 0.29) is 0 Å². The van der Waals surface area contributed by atoms with Crippen molar-refractivity contribution in [1.29, 1.82) is 0 Å². The highest BCUT2D eigenvalue weighted by Crippen LogP contribution is 2.38. The van der Waals surface area contributed by atoms with Gasteiger partial charge in [-0.25, -0.2) is 0 Å². The maximum atomic E-state index is 6.48. The number of rotatable bonds is 5. The molecule has 0 radical (unpaired) electrons. The summed E-state index contributed by atoms with van der Waals surface area (Å²) in [4.78, 5) is 0. The van der Waals surface area contributed by atoms with Crippen LogP contribution in [0.4, 0.5) is 0 Å². The van der Waals surface area contributed by atoms with Crippen molar-refractivity contribution in [3.05, 3.63) is 52.0 Å². The number of ether oxygens (including phenoxy) is 1. The van der Waals surface area contributed by atoms with Crippen molar-refractivity contribution < 1.29 is 4.74 Å². The molecule has 2 rings (SSSR count). The van der Waals surface area contributed by atoms with Gasteiger partial charge >= 0.3 is 0 Å². The van der Waals surface area contributed by atoms with Crippen molar-refractivity contribution in [2.45, 2.75) is 27.3 Å². The van der Waals surface area contributed by atoms with Crippen LogP contribution in [0.1, 0.15) is 23.6 Å². The van der Waals surface area contributed by atoms with Gasteiger partial charge in [-0.1, -0.05) is 42.8 Å². The minimum atomic E-state index is 0.756. The summed E-state index contributed by atoms with van der Waals surface area (Å²) in [6.07, 6.45) is 0. The average molecular weight is 304 g/mol. The largest absolute Gasteiger partial charge is 0.496 e. The molecule has 21 heavy (non-hydrogen) atoms. The Balaban J connectivity index is 2.45. The molecule has 0 heterocycles. The van der Waals surface area contributed by atoms with E-state index < -0.39 is 0 Å². The third-order valence-electron chi connectivity index (χ3n) is 3.78. The SMILES string of the molecule is CCNCc1ccc(-c2ccc(C)c(C)c2OC)c(Cl)c1. The van der Waals surface area contributed by atoms with Gasteiger partial charge in [0.25, 0.3) is 0 Å². The molecule has 0 saturated heterocycles. The molecule has 0 saturated carbocycles. The molecule has 2 nitrogen and oxygen atoms in total. The van der Waals surface area contributed by atoms with Crippen LogP contribution in [-0.4, -0.2) is 13.7 Å². The van der Waals surface area contributed by atoms with E-state index in [9.17, 15) is 0 Å². The number of nitrogens with one attached hydrogen (secondary N) is 1. The Morgan fingerprint density at radius 1 is 1.10 bits per heavy atom. The topological polar surface area (TPSA) is 21.3 Å². The Morgan fingerprint density at radius 2 is 1.81 bits per heavy atom. The van der Waals surface area contributed by atoms with Gasteiger partial charge < -0.3 is 10.1 Å². The van der Waals surface area contributed by atoms with Crippen LogP contribution in [0, 0.1) is 13.8 Å². The molecule has 0 aliphatic heterocycles. The van der Waals surface area contributed by atoms with E-state index in [2.05, 4.69) is 50.4 Å². The molecule has 0 bridgehead atoms. The first kappa shape index (κ1) is 15.9. The van der Waals surface area contributed by atoms with Gasteiger partial charge in [0.15, 0.2) is 0 Å². The van der Waals surface area contributed by atoms with Gasteiger partial charge in [-0.15, -0.1) is 0 Å². The van der Waals surface area contributed by atoms with Gasteiger partial charge in [-0.2, -0.15) is 0 Å². The van der Waals surface area contributed by atoms with E-state index >= 15 is 0 Å². The second kappa shape index (κ2) is 6.97. The molecule has 0 aliphatic rings. The fourth-order valence-corrected chi connectivity index (χ4v) is 2.73. The van der Waals surface area contributed by atoms with E-state index in [0.717, 1.165) is 40.6 Å². The summed E-state index contributed by atoms with van der Waals surface area (Å²) in [5.41, 5.74) is 5.61. The lowest BCUT2D eigenvalue weighted by atomic mass is 9.97. The molecule has 0 spiro atoms. The van der Waals surface area contributed by atoms with Gasteiger partial charge in [0.1, 0.15) is 5.75 Å². The summed E-state index contributed by atoms with van der Waals surface area (Å²) in [5.74, 6) is 0.899. The lowest BCUT2D eigenvalue weighted by molar-refractivity contribution is 0.413. The number of benzene rings is 2. The van der Waals surface area contributed by atoms with Crippen molar-refractivity contribution in [2.24, 2.45) is 0 Å². The Bertz CT molecular complexity index is 637. The number of hydrogen-bond donors (Lipinski definition) is 1. The zero-order valence-electron chi connectivity index (χ0n) is 13.1. The number of hydrogen-bond acceptors (Lipinski definition) is 2. The number of aryl methyl sites for hydroxylation is 1. The molecular weight excluding hydrogens is 282 g/mol. The molecule has 1 N–H and O–H groups in total. The Kier molecular flexibility index (Phi) is 5.27. The summed E-state index contributed by atoms with van der Waals surface area (Å²) in [6.45, 7) is 8.04. The highest BCUT2D eigenvalue weighted by molar-refractivity contribution is 6.33. The zero-order valence-corrected chi connectivity index (χ0v) is 13.8. The Hall–Kier alpha value is -1.51. The molecule has 0 amide bonds. The highest BCUT2D eigenvalue weighted by Gasteiger charge is 2.13. The first-order valence-corrected chi connectivity index (χ1v) is 7.60. The molecule has 0 aliphatic carbocycles. The van der Waals surface area contributed by atoms with Gasteiger partial charge in [0.2, 0.25) is 0 Å². The van der Waals surface area contributed by atoms with Gasteiger partial charge in [-0.3, -0.25) is 0 Å². The van der Waals surface area contributed by atoms with E-state index in [0.29, 0.717) is 0 Å². The fraction of sp³-hybridized carbons (Fsp3) is 0.333. The number of methoxy groups -OCH3 is 1. The molecule has 0 fully saturated rings. The number of halogens is 1. The van der Waals surface area contributed by atoms with Crippen LogP contribution < -0.4 is 10.1 Å². The molecule has 3 heteroatoms. The zero-order chi connectivity index (χ0) is 15.4. The summed E-state index contributed by atoms with van der Waals surface area (Å²) in [5, 5.41) is 4.06. The quantitative estimate of drug-likeness (QED) is 0.861. The maximum absolute atomic E-state index is 6.48. The molecule has 0 aromatic heterocycles. The van der Waals surface area contributed by atoms with Gasteiger partial charge in [0, 0.05) is 22.7 Å². The van der Waals surface area contributed by atoms with Crippen LogP contribution in [0.3, 0.4) is 0 Å². The molecule has 0 atom stereocenters. The van der Waals surface area contributed by atoms with Crippen molar-refractivity contribution in [2.75, 3.05) is 13.7 Å². The molecule has 2 aromatic carbocycles. The van der Waals surface area contributed by atoms with Crippen LogP contribution in [0.2, 0.25) is 5.02 Å². The normalized spacial score (nSPS) is 10.7. The summed E-state index contributed by atoms with van der Waals surface area (Å²) in [6, 6.07) is 10.4. The molecule has 2 aromatic rings. The van der Waals surface area contributed by atoms with Crippen LogP contribution in [0.25, 0.3) is 11.1 Å². The highest BCUT2D eigenvalue weighted by atomic mass is 35.5. The standard InChI is InChI=1S/C18H22ClNO/c1-5-20-11-14-7-9-15(17(19)10-14)16-8-6-12(2)13(3)18(16)21-4/h6-10,20H,5,11H2,1-4H3. The van der Waals surface area contributed by atoms with Crippen molar-refractivity contribution in [3.8, 4) is 16.9 Å². The Labute approximate surface area is 132 Å². The minimum Gasteiger partial charge on any atom is -0.496 e. The summed E-state index contributed by atoms with van der Waals surface area (Å²) < 4.78 is 5.59. The lowest BCUT2D eigenvalue weighted by Gasteiger charge is -2.15.